The number of ether oxygens (including phenoxy) is 2. The predicted molar refractivity (Wildman–Crippen MR) is 173 cm³/mol. The number of nitrogens with zero attached hydrogens (tertiary/aromatic N) is 2. The third-order valence-electron chi connectivity index (χ3n) is 7.54. The highest BCUT2D eigenvalue weighted by atomic mass is 32.1. The summed E-state index contributed by atoms with van der Waals surface area (Å²) in [7, 11) is 3.31. The quantitative estimate of drug-likeness (QED) is 0.142. The topological polar surface area (TPSA) is 63.7 Å². The molecule has 0 bridgehead atoms. The highest BCUT2D eigenvalue weighted by molar-refractivity contribution is 7.09. The van der Waals surface area contributed by atoms with Gasteiger partial charge in [0.25, 0.3) is 5.91 Å². The average molecular weight is 610 g/mol. The van der Waals surface area contributed by atoms with Crippen molar-refractivity contribution >= 4 is 17.2 Å². The number of hydrogen-bond acceptors (Lipinski definition) is 6. The molecule has 8 heteroatoms. The van der Waals surface area contributed by atoms with Gasteiger partial charge in [0.15, 0.2) is 0 Å². The standard InChI is InChI=1S/C36H36FN3O3S/c1-42-31-18-15-29(34(21-31)43-2)23-40(20-19-32(27-9-5-3-6-10-27)28-11-7-4-8-12-28)24-35-39-33(25-44-35)36(41)38-22-26-13-16-30(37)17-14-26/h3-18,21,25,32H,19-20,22-24H2,1-2H3,(H,38,41). The van der Waals surface area contributed by atoms with Crippen molar-refractivity contribution < 1.29 is 18.7 Å². The summed E-state index contributed by atoms with van der Waals surface area (Å²) in [4.78, 5) is 19.9. The summed E-state index contributed by atoms with van der Waals surface area (Å²) < 4.78 is 24.4. The van der Waals surface area contributed by atoms with E-state index >= 15 is 0 Å². The van der Waals surface area contributed by atoms with Crippen LogP contribution in [-0.2, 0) is 19.6 Å². The van der Waals surface area contributed by atoms with Gasteiger partial charge in [-0.05, 0) is 47.9 Å². The molecule has 0 saturated carbocycles. The largest absolute Gasteiger partial charge is 0.497 e. The number of amides is 1. The zero-order chi connectivity index (χ0) is 30.7. The van der Waals surface area contributed by atoms with Gasteiger partial charge in [-0.25, -0.2) is 9.37 Å². The summed E-state index contributed by atoms with van der Waals surface area (Å²) in [5.41, 5.74) is 4.78. The SMILES string of the molecule is COc1ccc(CN(CCC(c2ccccc2)c2ccccc2)Cc2nc(C(=O)NCc3ccc(F)cc3)cs2)c(OC)c1. The normalized spacial score (nSPS) is 11.1. The Labute approximate surface area is 262 Å². The number of hydrogen-bond donors (Lipinski definition) is 1. The van der Waals surface area contributed by atoms with Gasteiger partial charge in [-0.1, -0.05) is 78.9 Å². The predicted octanol–water partition coefficient (Wildman–Crippen LogP) is 7.45. The van der Waals surface area contributed by atoms with Crippen molar-refractivity contribution in [2.45, 2.75) is 32.0 Å². The van der Waals surface area contributed by atoms with Crippen LogP contribution >= 0.6 is 11.3 Å². The number of rotatable bonds is 14. The maximum absolute atomic E-state index is 13.2. The molecule has 0 spiro atoms. The molecule has 1 amide bonds. The van der Waals surface area contributed by atoms with E-state index < -0.39 is 0 Å². The van der Waals surface area contributed by atoms with Crippen molar-refractivity contribution in [3.8, 4) is 11.5 Å². The fraction of sp³-hybridized carbons (Fsp3) is 0.222. The van der Waals surface area contributed by atoms with Crippen molar-refractivity contribution in [1.82, 2.24) is 15.2 Å². The maximum Gasteiger partial charge on any atom is 0.271 e. The lowest BCUT2D eigenvalue weighted by atomic mass is 9.88. The Balaban J connectivity index is 1.34. The van der Waals surface area contributed by atoms with E-state index in [9.17, 15) is 9.18 Å². The van der Waals surface area contributed by atoms with Crippen LogP contribution in [0.15, 0.2) is 109 Å². The first-order valence-electron chi connectivity index (χ1n) is 14.5. The van der Waals surface area contributed by atoms with Crippen molar-refractivity contribution in [3.63, 3.8) is 0 Å². The molecule has 5 rings (SSSR count). The van der Waals surface area contributed by atoms with Crippen LogP contribution in [0, 0.1) is 5.82 Å². The Kier molecular flexibility index (Phi) is 10.7. The van der Waals surface area contributed by atoms with E-state index in [4.69, 9.17) is 9.47 Å². The van der Waals surface area contributed by atoms with Gasteiger partial charge < -0.3 is 14.8 Å². The van der Waals surface area contributed by atoms with Crippen LogP contribution in [0.25, 0.3) is 0 Å². The number of carbonyl (C=O) groups is 1. The van der Waals surface area contributed by atoms with Crippen LogP contribution in [0.4, 0.5) is 4.39 Å². The van der Waals surface area contributed by atoms with Crippen molar-refractivity contribution in [3.05, 3.63) is 147 Å². The van der Waals surface area contributed by atoms with Crippen LogP contribution in [0.3, 0.4) is 0 Å². The van der Waals surface area contributed by atoms with E-state index in [-0.39, 0.29) is 17.6 Å². The Morgan fingerprint density at radius 1 is 0.886 bits per heavy atom. The molecule has 0 unspecified atom stereocenters. The molecule has 0 saturated heterocycles. The van der Waals surface area contributed by atoms with E-state index in [1.54, 1.807) is 31.7 Å². The minimum atomic E-state index is -0.306. The molecule has 5 aromatic rings. The zero-order valence-electron chi connectivity index (χ0n) is 24.9. The van der Waals surface area contributed by atoms with Gasteiger partial charge in [-0.15, -0.1) is 11.3 Å². The number of nitrogens with one attached hydrogen (secondary N) is 1. The molecule has 1 N–H and O–H groups in total. The number of halogens is 1. The Morgan fingerprint density at radius 2 is 1.57 bits per heavy atom. The van der Waals surface area contributed by atoms with Crippen LogP contribution in [0.2, 0.25) is 0 Å². The molecule has 0 atom stereocenters. The van der Waals surface area contributed by atoms with Gasteiger partial charge >= 0.3 is 0 Å². The molecule has 6 nitrogen and oxygen atoms in total. The minimum absolute atomic E-state index is 0.224. The highest BCUT2D eigenvalue weighted by Gasteiger charge is 2.20. The maximum atomic E-state index is 13.2. The number of thiazole rings is 1. The lowest BCUT2D eigenvalue weighted by Gasteiger charge is -2.26. The monoisotopic (exact) mass is 609 g/mol. The molecular weight excluding hydrogens is 573 g/mol. The Bertz CT molecular complexity index is 1590. The van der Waals surface area contributed by atoms with Gasteiger partial charge in [-0.2, -0.15) is 0 Å². The Hall–Kier alpha value is -4.53. The molecule has 0 aliphatic carbocycles. The van der Waals surface area contributed by atoms with Gasteiger partial charge in [0, 0.05) is 36.0 Å². The van der Waals surface area contributed by atoms with Crippen molar-refractivity contribution in [2.24, 2.45) is 0 Å². The number of benzene rings is 4. The summed E-state index contributed by atoms with van der Waals surface area (Å²) >= 11 is 1.47. The number of aromatic nitrogens is 1. The second-order valence-electron chi connectivity index (χ2n) is 10.5. The minimum Gasteiger partial charge on any atom is -0.497 e. The van der Waals surface area contributed by atoms with Crippen molar-refractivity contribution in [1.29, 1.82) is 0 Å². The van der Waals surface area contributed by atoms with E-state index in [0.717, 1.165) is 40.6 Å². The van der Waals surface area contributed by atoms with Gasteiger partial charge in [0.2, 0.25) is 0 Å². The first-order valence-corrected chi connectivity index (χ1v) is 15.4. The Morgan fingerprint density at radius 3 is 2.20 bits per heavy atom. The van der Waals surface area contributed by atoms with Gasteiger partial charge in [-0.3, -0.25) is 9.69 Å². The van der Waals surface area contributed by atoms with Crippen molar-refractivity contribution in [2.75, 3.05) is 20.8 Å². The molecule has 0 radical (unpaired) electrons. The third kappa shape index (κ3) is 8.30. The third-order valence-corrected chi connectivity index (χ3v) is 8.37. The van der Waals surface area contributed by atoms with Gasteiger partial charge in [0.05, 0.1) is 20.8 Å². The molecule has 0 fully saturated rings. The lowest BCUT2D eigenvalue weighted by molar-refractivity contribution is 0.0946. The summed E-state index contributed by atoms with van der Waals surface area (Å²) in [6.07, 6.45) is 0.892. The fourth-order valence-corrected chi connectivity index (χ4v) is 6.02. The summed E-state index contributed by atoms with van der Waals surface area (Å²) in [6.45, 7) is 2.29. The molecule has 1 aromatic heterocycles. The molecule has 0 aliphatic rings. The summed E-state index contributed by atoms with van der Waals surface area (Å²) in [5, 5.41) is 5.52. The van der Waals surface area contributed by atoms with E-state index in [1.807, 2.05) is 30.3 Å². The van der Waals surface area contributed by atoms with Crippen LogP contribution < -0.4 is 14.8 Å². The van der Waals surface area contributed by atoms with Crippen LogP contribution in [-0.4, -0.2) is 36.6 Å². The number of carbonyl (C=O) groups excluding carboxylic acids is 1. The van der Waals surface area contributed by atoms with E-state index in [2.05, 4.69) is 63.7 Å². The lowest BCUT2D eigenvalue weighted by Crippen LogP contribution is -2.26. The van der Waals surface area contributed by atoms with E-state index in [0.29, 0.717) is 25.3 Å². The average Bonchev–Trinajstić information content (AvgIpc) is 3.54. The molecule has 1 heterocycles. The summed E-state index contributed by atoms with van der Waals surface area (Å²) in [5.74, 6) is 1.16. The fourth-order valence-electron chi connectivity index (χ4n) is 5.20. The van der Waals surface area contributed by atoms with Gasteiger partial charge in [0.1, 0.15) is 28.0 Å². The van der Waals surface area contributed by atoms with Crippen LogP contribution in [0.1, 0.15) is 50.1 Å². The first kappa shape index (κ1) is 30.9. The molecular formula is C36H36FN3O3S. The highest BCUT2D eigenvalue weighted by Crippen LogP contribution is 2.30. The molecule has 44 heavy (non-hydrogen) atoms. The zero-order valence-corrected chi connectivity index (χ0v) is 25.7. The molecule has 226 valence electrons. The second kappa shape index (κ2) is 15.3. The second-order valence-corrected chi connectivity index (χ2v) is 11.4. The van der Waals surface area contributed by atoms with Crippen LogP contribution in [0.5, 0.6) is 11.5 Å². The molecule has 0 aliphatic heterocycles. The first-order chi connectivity index (χ1) is 21.5. The summed E-state index contributed by atoms with van der Waals surface area (Å²) in [6, 6.07) is 33.1. The smallest absolute Gasteiger partial charge is 0.271 e. The molecule has 4 aromatic carbocycles. The number of methoxy groups -OCH3 is 2. The van der Waals surface area contributed by atoms with E-state index in [1.165, 1.54) is 34.6 Å².